The number of alkyl halides is 3. The Labute approximate surface area is 86.7 Å². The Hall–Kier alpha value is -1.26. The normalized spacial score (nSPS) is 11.9. The van der Waals surface area contributed by atoms with E-state index in [9.17, 15) is 13.2 Å². The molecule has 0 radical (unpaired) electrons. The molecule has 0 aliphatic carbocycles. The molecule has 0 saturated heterocycles. The molecule has 1 heterocycles. The molecule has 1 aromatic rings. The number of hydrogen-bond acceptors (Lipinski definition) is 2. The van der Waals surface area contributed by atoms with Crippen LogP contribution in [-0.4, -0.2) is 18.1 Å². The van der Waals surface area contributed by atoms with Crippen molar-refractivity contribution in [2.24, 2.45) is 0 Å². The van der Waals surface area contributed by atoms with Gasteiger partial charge in [0.25, 0.3) is 0 Å². The van der Waals surface area contributed by atoms with Crippen LogP contribution in [-0.2, 0) is 6.18 Å². The lowest BCUT2D eigenvalue weighted by molar-refractivity contribution is -0.141. The Morgan fingerprint density at radius 2 is 1.87 bits per heavy atom. The molecule has 1 aromatic heterocycles. The van der Waals surface area contributed by atoms with E-state index >= 15 is 0 Å². The maximum absolute atomic E-state index is 12.2. The number of halogens is 3. The van der Waals surface area contributed by atoms with Gasteiger partial charge in [-0.05, 0) is 26.0 Å². The minimum Gasteiger partial charge on any atom is -0.371 e. The minimum absolute atomic E-state index is 0.225. The summed E-state index contributed by atoms with van der Waals surface area (Å²) in [4.78, 5) is 5.24. The highest BCUT2D eigenvalue weighted by atomic mass is 19.4. The van der Waals surface area contributed by atoms with Gasteiger partial charge < -0.3 is 4.90 Å². The molecule has 5 heteroatoms. The maximum atomic E-state index is 12.2. The second-order valence-electron chi connectivity index (χ2n) is 3.60. The molecule has 0 saturated carbocycles. The van der Waals surface area contributed by atoms with E-state index in [2.05, 4.69) is 4.98 Å². The largest absolute Gasteiger partial charge is 0.433 e. The lowest BCUT2D eigenvalue weighted by atomic mass is 10.2. The lowest BCUT2D eigenvalue weighted by Gasteiger charge is -2.23. The third-order valence-corrected chi connectivity index (χ3v) is 2.22. The SMILES string of the molecule is CC(C)N(C)c1ccc(C(F)(F)F)nc1. The van der Waals surface area contributed by atoms with Crippen molar-refractivity contribution < 1.29 is 13.2 Å². The highest BCUT2D eigenvalue weighted by Gasteiger charge is 2.32. The first-order chi connectivity index (χ1) is 6.82. The number of nitrogens with zero attached hydrogens (tertiary/aromatic N) is 2. The zero-order valence-electron chi connectivity index (χ0n) is 8.84. The molecule has 0 amide bonds. The van der Waals surface area contributed by atoms with Crippen molar-refractivity contribution in [3.05, 3.63) is 24.0 Å². The molecular weight excluding hydrogens is 205 g/mol. The van der Waals surface area contributed by atoms with Gasteiger partial charge in [-0.25, -0.2) is 4.98 Å². The van der Waals surface area contributed by atoms with Gasteiger partial charge in [0.15, 0.2) is 0 Å². The van der Waals surface area contributed by atoms with Crippen LogP contribution in [0.3, 0.4) is 0 Å². The third kappa shape index (κ3) is 2.84. The lowest BCUT2D eigenvalue weighted by Crippen LogP contribution is -2.25. The summed E-state index contributed by atoms with van der Waals surface area (Å²) in [6.45, 7) is 3.91. The van der Waals surface area contributed by atoms with Crippen LogP contribution < -0.4 is 4.90 Å². The first-order valence-electron chi connectivity index (χ1n) is 4.58. The number of rotatable bonds is 2. The van der Waals surface area contributed by atoms with Crippen molar-refractivity contribution in [2.75, 3.05) is 11.9 Å². The second-order valence-corrected chi connectivity index (χ2v) is 3.60. The van der Waals surface area contributed by atoms with Crippen LogP contribution in [0.1, 0.15) is 19.5 Å². The zero-order valence-corrected chi connectivity index (χ0v) is 8.84. The van der Waals surface area contributed by atoms with E-state index in [1.54, 1.807) is 0 Å². The average Bonchev–Trinajstić information content (AvgIpc) is 2.15. The summed E-state index contributed by atoms with van der Waals surface area (Å²) in [6.07, 6.45) is -3.13. The zero-order chi connectivity index (χ0) is 11.6. The van der Waals surface area contributed by atoms with Crippen molar-refractivity contribution in [3.63, 3.8) is 0 Å². The van der Waals surface area contributed by atoms with Crippen LogP contribution in [0.15, 0.2) is 18.3 Å². The third-order valence-electron chi connectivity index (χ3n) is 2.22. The Balaban J connectivity index is 2.91. The topological polar surface area (TPSA) is 16.1 Å². The number of hydrogen-bond donors (Lipinski definition) is 0. The fraction of sp³-hybridized carbons (Fsp3) is 0.500. The van der Waals surface area contributed by atoms with Gasteiger partial charge in [-0.3, -0.25) is 0 Å². The van der Waals surface area contributed by atoms with E-state index in [0.717, 1.165) is 6.07 Å². The second kappa shape index (κ2) is 4.08. The quantitative estimate of drug-likeness (QED) is 0.758. The number of aromatic nitrogens is 1. The van der Waals surface area contributed by atoms with E-state index in [0.29, 0.717) is 5.69 Å². The van der Waals surface area contributed by atoms with Crippen LogP contribution >= 0.6 is 0 Å². The van der Waals surface area contributed by atoms with Crippen LogP contribution in [0, 0.1) is 0 Å². The van der Waals surface area contributed by atoms with Crippen molar-refractivity contribution in [1.82, 2.24) is 4.98 Å². The summed E-state index contributed by atoms with van der Waals surface area (Å²) in [7, 11) is 1.81. The predicted octanol–water partition coefficient (Wildman–Crippen LogP) is 2.95. The molecule has 0 aliphatic rings. The molecule has 15 heavy (non-hydrogen) atoms. The monoisotopic (exact) mass is 218 g/mol. The molecule has 0 aliphatic heterocycles. The molecular formula is C10H13F3N2. The van der Waals surface area contributed by atoms with Crippen molar-refractivity contribution in [2.45, 2.75) is 26.1 Å². The van der Waals surface area contributed by atoms with Gasteiger partial charge in [-0.15, -0.1) is 0 Å². The van der Waals surface area contributed by atoms with Crippen LogP contribution in [0.5, 0.6) is 0 Å². The Morgan fingerprint density at radius 1 is 1.27 bits per heavy atom. The fourth-order valence-corrected chi connectivity index (χ4v) is 1.06. The van der Waals surface area contributed by atoms with E-state index in [1.807, 2.05) is 25.8 Å². The highest BCUT2D eigenvalue weighted by molar-refractivity contribution is 5.44. The molecule has 0 bridgehead atoms. The average molecular weight is 218 g/mol. The highest BCUT2D eigenvalue weighted by Crippen LogP contribution is 2.28. The Bertz CT molecular complexity index is 316. The summed E-state index contributed by atoms with van der Waals surface area (Å²) in [5.41, 5.74) is -0.179. The molecule has 0 fully saturated rings. The first kappa shape index (κ1) is 11.8. The van der Waals surface area contributed by atoms with E-state index in [1.165, 1.54) is 12.3 Å². The molecule has 1 rings (SSSR count). The van der Waals surface area contributed by atoms with Gasteiger partial charge in [0, 0.05) is 13.1 Å². The number of anilines is 1. The van der Waals surface area contributed by atoms with Gasteiger partial charge in [-0.2, -0.15) is 13.2 Å². The molecule has 2 nitrogen and oxygen atoms in total. The van der Waals surface area contributed by atoms with Gasteiger partial charge in [0.1, 0.15) is 5.69 Å². The Kier molecular flexibility index (Phi) is 3.21. The van der Waals surface area contributed by atoms with Gasteiger partial charge in [0.2, 0.25) is 0 Å². The summed E-state index contributed by atoms with van der Waals surface area (Å²) in [5.74, 6) is 0. The standard InChI is InChI=1S/C10H13F3N2/c1-7(2)15(3)8-4-5-9(14-6-8)10(11,12)13/h4-7H,1-3H3. The maximum Gasteiger partial charge on any atom is 0.433 e. The van der Waals surface area contributed by atoms with E-state index in [4.69, 9.17) is 0 Å². The molecule has 0 aromatic carbocycles. The van der Waals surface area contributed by atoms with Crippen molar-refractivity contribution in [1.29, 1.82) is 0 Å². The summed E-state index contributed by atoms with van der Waals surface area (Å²) in [5, 5.41) is 0. The van der Waals surface area contributed by atoms with Gasteiger partial charge >= 0.3 is 6.18 Å². The van der Waals surface area contributed by atoms with Crippen LogP contribution in [0.2, 0.25) is 0 Å². The summed E-state index contributed by atoms with van der Waals surface area (Å²) in [6, 6.07) is 2.65. The van der Waals surface area contributed by atoms with E-state index < -0.39 is 11.9 Å². The van der Waals surface area contributed by atoms with Gasteiger partial charge in [-0.1, -0.05) is 0 Å². The number of pyridine rings is 1. The smallest absolute Gasteiger partial charge is 0.371 e. The fourth-order valence-electron chi connectivity index (χ4n) is 1.06. The van der Waals surface area contributed by atoms with Crippen molar-refractivity contribution >= 4 is 5.69 Å². The predicted molar refractivity (Wildman–Crippen MR) is 52.8 cm³/mol. The van der Waals surface area contributed by atoms with Crippen LogP contribution in [0.4, 0.5) is 18.9 Å². The van der Waals surface area contributed by atoms with Crippen LogP contribution in [0.25, 0.3) is 0 Å². The molecule has 0 spiro atoms. The summed E-state index contributed by atoms with van der Waals surface area (Å²) < 4.78 is 36.6. The minimum atomic E-state index is -4.37. The summed E-state index contributed by atoms with van der Waals surface area (Å²) >= 11 is 0. The first-order valence-corrected chi connectivity index (χ1v) is 4.58. The molecule has 0 atom stereocenters. The van der Waals surface area contributed by atoms with E-state index in [-0.39, 0.29) is 6.04 Å². The Morgan fingerprint density at radius 3 is 2.20 bits per heavy atom. The molecule has 0 N–H and O–H groups in total. The molecule has 84 valence electrons. The molecule has 0 unspecified atom stereocenters. The van der Waals surface area contributed by atoms with Crippen molar-refractivity contribution in [3.8, 4) is 0 Å². The van der Waals surface area contributed by atoms with Gasteiger partial charge in [0.05, 0.1) is 11.9 Å².